The lowest BCUT2D eigenvalue weighted by Gasteiger charge is -2.16. The average Bonchev–Trinajstić information content (AvgIpc) is 2.69. The van der Waals surface area contributed by atoms with Gasteiger partial charge >= 0.3 is 0 Å². The smallest absolute Gasteiger partial charge is 0.159 e. The molecule has 0 aliphatic rings. The topological polar surface area (TPSA) is 47.0 Å². The van der Waals surface area contributed by atoms with Crippen molar-refractivity contribution in [1.29, 1.82) is 0 Å². The molecule has 0 aliphatic carbocycles. The lowest BCUT2D eigenvalue weighted by atomic mass is 10.1. The predicted molar refractivity (Wildman–Crippen MR) is 110 cm³/mol. The molecule has 0 fully saturated rings. The van der Waals surface area contributed by atoms with Gasteiger partial charge in [-0.15, -0.1) is 0 Å². The molecule has 0 unspecified atom stereocenters. The van der Waals surface area contributed by atoms with Gasteiger partial charge in [-0.1, -0.05) is 48.9 Å². The molecule has 0 spiro atoms. The zero-order chi connectivity index (χ0) is 19.1. The Morgan fingerprint density at radius 2 is 1.78 bits per heavy atom. The van der Waals surface area contributed by atoms with Crippen molar-refractivity contribution in [2.24, 2.45) is 0 Å². The summed E-state index contributed by atoms with van der Waals surface area (Å²) in [5, 5.41) is 3.46. The summed E-state index contributed by atoms with van der Waals surface area (Å²) >= 11 is 0. The second-order valence-electron chi connectivity index (χ2n) is 6.83. The van der Waals surface area contributed by atoms with Crippen molar-refractivity contribution in [3.63, 3.8) is 0 Å². The third-order valence-electron chi connectivity index (χ3n) is 4.50. The second-order valence-corrected chi connectivity index (χ2v) is 6.83. The summed E-state index contributed by atoms with van der Waals surface area (Å²) in [6.07, 6.45) is 4.99. The van der Waals surface area contributed by atoms with Crippen molar-refractivity contribution in [3.8, 4) is 17.1 Å². The molecule has 0 radical (unpaired) electrons. The highest BCUT2D eigenvalue weighted by atomic mass is 16.5. The van der Waals surface area contributed by atoms with Crippen LogP contribution in [0.4, 0.5) is 0 Å². The number of aromatic nitrogens is 2. The fourth-order valence-corrected chi connectivity index (χ4v) is 2.79. The normalized spacial score (nSPS) is 12.0. The number of aryl methyl sites for hydroxylation is 1. The van der Waals surface area contributed by atoms with E-state index in [9.17, 15) is 0 Å². The largest absolute Gasteiger partial charge is 0.490 e. The summed E-state index contributed by atoms with van der Waals surface area (Å²) in [4.78, 5) is 9.02. The number of benzene rings is 2. The molecule has 0 saturated carbocycles. The lowest BCUT2D eigenvalue weighted by Crippen LogP contribution is -2.16. The van der Waals surface area contributed by atoms with Crippen LogP contribution in [0.3, 0.4) is 0 Å². The van der Waals surface area contributed by atoms with E-state index in [1.54, 1.807) is 0 Å². The third kappa shape index (κ3) is 5.38. The van der Waals surface area contributed by atoms with Gasteiger partial charge in [-0.05, 0) is 32.4 Å². The molecule has 1 aromatic heterocycles. The molecule has 0 aliphatic heterocycles. The first-order valence-corrected chi connectivity index (χ1v) is 9.49. The van der Waals surface area contributed by atoms with Crippen LogP contribution in [0, 0.1) is 6.92 Å². The van der Waals surface area contributed by atoms with E-state index in [0.717, 1.165) is 41.2 Å². The van der Waals surface area contributed by atoms with Gasteiger partial charge in [0.1, 0.15) is 5.75 Å². The van der Waals surface area contributed by atoms with Crippen LogP contribution in [0.1, 0.15) is 37.0 Å². The van der Waals surface area contributed by atoms with Crippen molar-refractivity contribution in [2.75, 3.05) is 0 Å². The fraction of sp³-hybridized carbons (Fsp3) is 0.304. The molecule has 27 heavy (non-hydrogen) atoms. The maximum atomic E-state index is 6.01. The standard InChI is InChI=1S/C23H27N3O/c1-4-18(3)27-22-11-6-5-9-21(22)16-24-13-19-14-25-23(26-15-19)20-10-7-8-17(2)12-20/h5-12,14-15,18,24H,4,13,16H2,1-3H3/t18-/m0/s1. The van der Waals surface area contributed by atoms with Crippen molar-refractivity contribution < 1.29 is 4.74 Å². The van der Waals surface area contributed by atoms with Crippen molar-refractivity contribution in [2.45, 2.75) is 46.4 Å². The summed E-state index contributed by atoms with van der Waals surface area (Å²) in [5.74, 6) is 1.71. The lowest BCUT2D eigenvalue weighted by molar-refractivity contribution is 0.215. The molecule has 3 aromatic rings. The van der Waals surface area contributed by atoms with Crippen LogP contribution in [0.15, 0.2) is 60.9 Å². The number of nitrogens with one attached hydrogen (secondary N) is 1. The molecular formula is C23H27N3O. The quantitative estimate of drug-likeness (QED) is 0.619. The number of hydrogen-bond donors (Lipinski definition) is 1. The number of hydrogen-bond acceptors (Lipinski definition) is 4. The van der Waals surface area contributed by atoms with Gasteiger partial charge in [0.25, 0.3) is 0 Å². The first-order chi connectivity index (χ1) is 13.2. The summed E-state index contributed by atoms with van der Waals surface area (Å²) in [5.41, 5.74) is 4.48. The molecule has 1 N–H and O–H groups in total. The highest BCUT2D eigenvalue weighted by molar-refractivity contribution is 5.55. The van der Waals surface area contributed by atoms with E-state index in [2.05, 4.69) is 54.3 Å². The van der Waals surface area contributed by atoms with Gasteiger partial charge in [0, 0.05) is 42.2 Å². The predicted octanol–water partition coefficient (Wildman–Crippen LogP) is 4.92. The van der Waals surface area contributed by atoms with Crippen molar-refractivity contribution >= 4 is 0 Å². The number of ether oxygens (including phenoxy) is 1. The summed E-state index contributed by atoms with van der Waals surface area (Å²) < 4.78 is 6.01. The van der Waals surface area contributed by atoms with Crippen molar-refractivity contribution in [3.05, 3.63) is 77.6 Å². The monoisotopic (exact) mass is 361 g/mol. The van der Waals surface area contributed by atoms with Gasteiger partial charge < -0.3 is 10.1 Å². The first-order valence-electron chi connectivity index (χ1n) is 9.49. The molecule has 1 atom stereocenters. The molecule has 1 heterocycles. The highest BCUT2D eigenvalue weighted by Crippen LogP contribution is 2.20. The van der Waals surface area contributed by atoms with Gasteiger partial charge in [-0.3, -0.25) is 0 Å². The summed E-state index contributed by atoms with van der Waals surface area (Å²) in [6, 6.07) is 16.4. The van der Waals surface area contributed by atoms with Crippen molar-refractivity contribution in [1.82, 2.24) is 15.3 Å². The average molecular weight is 361 g/mol. The maximum absolute atomic E-state index is 6.01. The number of para-hydroxylation sites is 1. The Morgan fingerprint density at radius 3 is 2.52 bits per heavy atom. The first kappa shape index (κ1) is 19.1. The molecular weight excluding hydrogens is 334 g/mol. The third-order valence-corrected chi connectivity index (χ3v) is 4.50. The van der Waals surface area contributed by atoms with Crippen LogP contribution in [-0.4, -0.2) is 16.1 Å². The molecule has 140 valence electrons. The van der Waals surface area contributed by atoms with Crippen LogP contribution in [0.25, 0.3) is 11.4 Å². The van der Waals surface area contributed by atoms with E-state index >= 15 is 0 Å². The van der Waals surface area contributed by atoms with E-state index in [0.29, 0.717) is 6.54 Å². The van der Waals surface area contributed by atoms with E-state index < -0.39 is 0 Å². The molecule has 0 bridgehead atoms. The summed E-state index contributed by atoms with van der Waals surface area (Å²) in [7, 11) is 0. The van der Waals surface area contributed by atoms with E-state index in [1.807, 2.05) is 42.7 Å². The Kier molecular flexibility index (Phi) is 6.55. The molecule has 4 heteroatoms. The summed E-state index contributed by atoms with van der Waals surface area (Å²) in [6.45, 7) is 7.76. The van der Waals surface area contributed by atoms with Crippen LogP contribution < -0.4 is 10.1 Å². The highest BCUT2D eigenvalue weighted by Gasteiger charge is 2.07. The zero-order valence-electron chi connectivity index (χ0n) is 16.3. The number of nitrogens with zero attached hydrogens (tertiary/aromatic N) is 2. The van der Waals surface area contributed by atoms with Gasteiger partial charge in [0.2, 0.25) is 0 Å². The molecule has 0 amide bonds. The fourth-order valence-electron chi connectivity index (χ4n) is 2.79. The van der Waals surface area contributed by atoms with Gasteiger partial charge in [-0.2, -0.15) is 0 Å². The van der Waals surface area contributed by atoms with Gasteiger partial charge in [0.15, 0.2) is 5.82 Å². The Labute approximate surface area is 161 Å². The van der Waals surface area contributed by atoms with Crippen LogP contribution in [0.5, 0.6) is 5.75 Å². The van der Waals surface area contributed by atoms with Gasteiger partial charge in [0.05, 0.1) is 6.10 Å². The molecule has 4 nitrogen and oxygen atoms in total. The Bertz CT molecular complexity index is 862. The Balaban J connectivity index is 1.58. The van der Waals surface area contributed by atoms with Crippen LogP contribution >= 0.6 is 0 Å². The number of rotatable bonds is 8. The molecule has 0 saturated heterocycles. The Morgan fingerprint density at radius 1 is 1.00 bits per heavy atom. The minimum absolute atomic E-state index is 0.216. The maximum Gasteiger partial charge on any atom is 0.159 e. The van der Waals surface area contributed by atoms with Crippen LogP contribution in [0.2, 0.25) is 0 Å². The molecule has 2 aromatic carbocycles. The van der Waals surface area contributed by atoms with E-state index in [-0.39, 0.29) is 6.10 Å². The Hall–Kier alpha value is -2.72. The van der Waals surface area contributed by atoms with E-state index in [1.165, 1.54) is 5.56 Å². The van der Waals surface area contributed by atoms with Gasteiger partial charge in [-0.25, -0.2) is 9.97 Å². The second kappa shape index (κ2) is 9.28. The minimum atomic E-state index is 0.216. The minimum Gasteiger partial charge on any atom is -0.490 e. The zero-order valence-corrected chi connectivity index (χ0v) is 16.3. The van der Waals surface area contributed by atoms with E-state index in [4.69, 9.17) is 4.74 Å². The molecule has 3 rings (SSSR count). The SMILES string of the molecule is CC[C@H](C)Oc1ccccc1CNCc1cnc(-c2cccc(C)c2)nc1. The van der Waals surface area contributed by atoms with Crippen LogP contribution in [-0.2, 0) is 13.1 Å².